The van der Waals surface area contributed by atoms with Crippen LogP contribution >= 0.6 is 0 Å². The van der Waals surface area contributed by atoms with E-state index in [2.05, 4.69) is 9.97 Å². The first-order valence-electron chi connectivity index (χ1n) is 7.22. The fourth-order valence-corrected chi connectivity index (χ4v) is 3.58. The average molecular weight is 329 g/mol. The van der Waals surface area contributed by atoms with Crippen LogP contribution < -0.4 is 0 Å². The molecule has 2 fully saturated rings. The lowest BCUT2D eigenvalue weighted by molar-refractivity contribution is -0.145. The van der Waals surface area contributed by atoms with Gasteiger partial charge in [-0.05, 0) is 24.7 Å². The molecule has 3 unspecified atom stereocenters. The fraction of sp³-hybridized carbons (Fsp3) is 0.571. The predicted molar refractivity (Wildman–Crippen MR) is 70.3 cm³/mol. The molecule has 3 atom stereocenters. The number of carboxylic acid groups (broad SMARTS) is 1. The Labute approximate surface area is 129 Å². The van der Waals surface area contributed by atoms with Crippen molar-refractivity contribution in [1.29, 1.82) is 0 Å². The molecule has 1 saturated carbocycles. The summed E-state index contributed by atoms with van der Waals surface area (Å²) in [7, 11) is 0. The zero-order chi connectivity index (χ0) is 16.8. The first-order chi connectivity index (χ1) is 10.8. The van der Waals surface area contributed by atoms with Crippen molar-refractivity contribution >= 4 is 11.9 Å². The number of hydrogen-bond acceptors (Lipinski definition) is 4. The highest BCUT2D eigenvalue weighted by molar-refractivity contribution is 5.96. The van der Waals surface area contributed by atoms with Gasteiger partial charge in [0.15, 0.2) is 0 Å². The number of rotatable bonds is 2. The number of carboxylic acids is 1. The van der Waals surface area contributed by atoms with E-state index in [1.54, 1.807) is 0 Å². The lowest BCUT2D eigenvalue weighted by Crippen LogP contribution is -2.43. The van der Waals surface area contributed by atoms with Gasteiger partial charge in [0.25, 0.3) is 5.91 Å². The van der Waals surface area contributed by atoms with Crippen molar-refractivity contribution in [3.63, 3.8) is 0 Å². The van der Waals surface area contributed by atoms with Crippen LogP contribution in [0.4, 0.5) is 13.2 Å². The normalized spacial score (nSPS) is 27.1. The van der Waals surface area contributed by atoms with Crippen molar-refractivity contribution in [2.75, 3.05) is 6.54 Å². The minimum atomic E-state index is -4.68. The van der Waals surface area contributed by atoms with E-state index in [9.17, 15) is 27.9 Å². The van der Waals surface area contributed by atoms with E-state index in [-0.39, 0.29) is 17.4 Å². The molecule has 2 aliphatic rings. The molecule has 0 aromatic carbocycles. The van der Waals surface area contributed by atoms with Gasteiger partial charge in [-0.3, -0.25) is 4.79 Å². The van der Waals surface area contributed by atoms with Crippen LogP contribution in [-0.4, -0.2) is 44.4 Å². The molecule has 1 aromatic rings. The molecular formula is C14H14F3N3O3. The Morgan fingerprint density at radius 3 is 2.43 bits per heavy atom. The number of hydrogen-bond donors (Lipinski definition) is 1. The Kier molecular flexibility index (Phi) is 3.73. The van der Waals surface area contributed by atoms with Crippen LogP contribution in [0.15, 0.2) is 12.4 Å². The molecule has 0 radical (unpaired) electrons. The Morgan fingerprint density at radius 1 is 1.22 bits per heavy atom. The van der Waals surface area contributed by atoms with Gasteiger partial charge in [0.1, 0.15) is 6.04 Å². The van der Waals surface area contributed by atoms with Crippen LogP contribution in [0.25, 0.3) is 0 Å². The number of aromatic nitrogens is 2. The van der Waals surface area contributed by atoms with Crippen molar-refractivity contribution < 1.29 is 27.9 Å². The lowest BCUT2D eigenvalue weighted by Gasteiger charge is -2.24. The van der Waals surface area contributed by atoms with Crippen molar-refractivity contribution in [3.8, 4) is 0 Å². The van der Waals surface area contributed by atoms with E-state index in [4.69, 9.17) is 0 Å². The molecule has 3 rings (SSSR count). The summed E-state index contributed by atoms with van der Waals surface area (Å²) in [5.74, 6) is -3.01. The SMILES string of the molecule is O=C(O)C1C2CCCC2CN1C(=O)c1cnc(C(F)(F)F)nc1. The number of amides is 1. The van der Waals surface area contributed by atoms with Gasteiger partial charge < -0.3 is 10.0 Å². The second-order valence-electron chi connectivity index (χ2n) is 5.89. The molecule has 1 aromatic heterocycles. The van der Waals surface area contributed by atoms with E-state index >= 15 is 0 Å². The maximum atomic E-state index is 12.5. The van der Waals surface area contributed by atoms with Gasteiger partial charge in [0.05, 0.1) is 5.56 Å². The quantitative estimate of drug-likeness (QED) is 0.895. The number of carbonyl (C=O) groups is 2. The highest BCUT2D eigenvalue weighted by Crippen LogP contribution is 2.42. The summed E-state index contributed by atoms with van der Waals surface area (Å²) >= 11 is 0. The number of fused-ring (bicyclic) bond motifs is 1. The van der Waals surface area contributed by atoms with Gasteiger partial charge in [0.2, 0.25) is 5.82 Å². The first kappa shape index (κ1) is 15.7. The van der Waals surface area contributed by atoms with Crippen LogP contribution in [0.2, 0.25) is 0 Å². The molecule has 6 nitrogen and oxygen atoms in total. The van der Waals surface area contributed by atoms with Gasteiger partial charge >= 0.3 is 12.1 Å². The van der Waals surface area contributed by atoms with E-state index in [1.165, 1.54) is 4.90 Å². The Morgan fingerprint density at radius 2 is 1.87 bits per heavy atom. The molecule has 9 heteroatoms. The summed E-state index contributed by atoms with van der Waals surface area (Å²) < 4.78 is 37.3. The number of aliphatic carboxylic acids is 1. The Hall–Kier alpha value is -2.19. The Balaban J connectivity index is 1.83. The van der Waals surface area contributed by atoms with Gasteiger partial charge in [-0.1, -0.05) is 6.42 Å². The van der Waals surface area contributed by atoms with Crippen molar-refractivity contribution in [1.82, 2.24) is 14.9 Å². The molecule has 0 spiro atoms. The summed E-state index contributed by atoms with van der Waals surface area (Å²) in [4.78, 5) is 31.5. The number of likely N-dealkylation sites (tertiary alicyclic amines) is 1. The summed E-state index contributed by atoms with van der Waals surface area (Å²) in [6.45, 7) is 0.307. The van der Waals surface area contributed by atoms with Gasteiger partial charge in [0, 0.05) is 18.9 Å². The second-order valence-corrected chi connectivity index (χ2v) is 5.89. The third-order valence-electron chi connectivity index (χ3n) is 4.56. The first-order valence-corrected chi connectivity index (χ1v) is 7.22. The largest absolute Gasteiger partial charge is 0.480 e. The molecular weight excluding hydrogens is 315 g/mol. The standard InChI is InChI=1S/C14H14F3N3O3/c15-14(16,17)13-18-4-8(5-19-13)11(21)20-6-7-2-1-3-9(7)10(20)12(22)23/h4-5,7,9-10H,1-3,6H2,(H,22,23). The highest BCUT2D eigenvalue weighted by Gasteiger charge is 2.49. The van der Waals surface area contributed by atoms with Crippen LogP contribution in [0.3, 0.4) is 0 Å². The molecule has 0 bridgehead atoms. The molecule has 1 aliphatic carbocycles. The molecule has 124 valence electrons. The van der Waals surface area contributed by atoms with Crippen LogP contribution in [0.5, 0.6) is 0 Å². The van der Waals surface area contributed by atoms with Gasteiger partial charge in [-0.15, -0.1) is 0 Å². The number of carbonyl (C=O) groups excluding carboxylic acids is 1. The maximum Gasteiger partial charge on any atom is 0.451 e. The lowest BCUT2D eigenvalue weighted by atomic mass is 9.94. The van der Waals surface area contributed by atoms with Gasteiger partial charge in [-0.25, -0.2) is 14.8 Å². The smallest absolute Gasteiger partial charge is 0.451 e. The molecule has 2 heterocycles. The third kappa shape index (κ3) is 2.75. The number of halogens is 3. The summed E-state index contributed by atoms with van der Waals surface area (Å²) in [5.41, 5.74) is -0.135. The molecule has 1 saturated heterocycles. The molecule has 1 N–H and O–H groups in total. The summed E-state index contributed by atoms with van der Waals surface area (Å²) in [6.07, 6.45) is -0.548. The third-order valence-corrected chi connectivity index (χ3v) is 4.56. The van der Waals surface area contributed by atoms with Crippen molar-refractivity contribution in [3.05, 3.63) is 23.8 Å². The topological polar surface area (TPSA) is 83.4 Å². The predicted octanol–water partition coefficient (Wildman–Crippen LogP) is 1.82. The van der Waals surface area contributed by atoms with Crippen molar-refractivity contribution in [2.24, 2.45) is 11.8 Å². The zero-order valence-electron chi connectivity index (χ0n) is 12.0. The average Bonchev–Trinajstić information content (AvgIpc) is 3.05. The monoisotopic (exact) mass is 329 g/mol. The summed E-state index contributed by atoms with van der Waals surface area (Å²) in [5, 5.41) is 9.40. The Bertz CT molecular complexity index is 632. The fourth-order valence-electron chi connectivity index (χ4n) is 3.58. The van der Waals surface area contributed by atoms with E-state index < -0.39 is 29.9 Å². The van der Waals surface area contributed by atoms with Gasteiger partial charge in [-0.2, -0.15) is 13.2 Å². The number of nitrogens with zero attached hydrogens (tertiary/aromatic N) is 3. The van der Waals surface area contributed by atoms with E-state index in [0.717, 1.165) is 31.7 Å². The van der Waals surface area contributed by atoms with Crippen LogP contribution in [0, 0.1) is 11.8 Å². The van der Waals surface area contributed by atoms with E-state index in [1.807, 2.05) is 0 Å². The van der Waals surface area contributed by atoms with E-state index in [0.29, 0.717) is 6.54 Å². The second kappa shape index (κ2) is 5.47. The molecule has 23 heavy (non-hydrogen) atoms. The number of alkyl halides is 3. The highest BCUT2D eigenvalue weighted by atomic mass is 19.4. The molecule has 1 aliphatic heterocycles. The zero-order valence-corrected chi connectivity index (χ0v) is 12.0. The minimum Gasteiger partial charge on any atom is -0.480 e. The van der Waals surface area contributed by atoms with Crippen LogP contribution in [0.1, 0.15) is 35.4 Å². The van der Waals surface area contributed by atoms with Crippen LogP contribution in [-0.2, 0) is 11.0 Å². The molecule has 1 amide bonds. The summed E-state index contributed by atoms with van der Waals surface area (Å²) in [6, 6.07) is -0.933. The van der Waals surface area contributed by atoms with Crippen molar-refractivity contribution in [2.45, 2.75) is 31.5 Å². The maximum absolute atomic E-state index is 12.5. The minimum absolute atomic E-state index is 0.0909.